The van der Waals surface area contributed by atoms with Gasteiger partial charge in [0.05, 0.1) is 11.4 Å². The summed E-state index contributed by atoms with van der Waals surface area (Å²) in [5, 5.41) is 12.5. The summed E-state index contributed by atoms with van der Waals surface area (Å²) in [6.07, 6.45) is 1.36. The lowest BCUT2D eigenvalue weighted by Gasteiger charge is -2.06. The number of halogens is 1. The summed E-state index contributed by atoms with van der Waals surface area (Å²) in [6.45, 7) is 1.63. The molecular formula is C10H8FN5. The lowest BCUT2D eigenvalue weighted by molar-refractivity contribution is 0.618. The Morgan fingerprint density at radius 1 is 1.50 bits per heavy atom. The summed E-state index contributed by atoms with van der Waals surface area (Å²) in [7, 11) is 0. The molecule has 0 aliphatic heterocycles. The van der Waals surface area contributed by atoms with Crippen molar-refractivity contribution in [2.75, 3.05) is 5.73 Å². The summed E-state index contributed by atoms with van der Waals surface area (Å²) < 4.78 is 14.5. The molecule has 0 saturated heterocycles. The van der Waals surface area contributed by atoms with Crippen LogP contribution in [0.5, 0.6) is 0 Å². The first-order chi connectivity index (χ1) is 7.61. The van der Waals surface area contributed by atoms with E-state index in [4.69, 9.17) is 11.0 Å². The Bertz CT molecular complexity index is 581. The third kappa shape index (κ3) is 1.59. The highest BCUT2D eigenvalue weighted by Gasteiger charge is 2.08. The fourth-order valence-corrected chi connectivity index (χ4v) is 1.31. The number of nitriles is 1. The van der Waals surface area contributed by atoms with Crippen LogP contribution in [0.25, 0.3) is 5.69 Å². The van der Waals surface area contributed by atoms with Crippen LogP contribution in [0.15, 0.2) is 18.5 Å². The van der Waals surface area contributed by atoms with E-state index in [1.807, 2.05) is 0 Å². The zero-order valence-electron chi connectivity index (χ0n) is 8.48. The van der Waals surface area contributed by atoms with Gasteiger partial charge in [-0.25, -0.2) is 14.1 Å². The number of aromatic nitrogens is 3. The first kappa shape index (κ1) is 10.1. The number of nitrogens with two attached hydrogens (primary N) is 1. The summed E-state index contributed by atoms with van der Waals surface area (Å²) in [4.78, 5) is 3.75. The van der Waals surface area contributed by atoms with Gasteiger partial charge in [-0.15, -0.1) is 5.10 Å². The molecule has 0 spiro atoms. The van der Waals surface area contributed by atoms with Gasteiger partial charge < -0.3 is 5.73 Å². The summed E-state index contributed by atoms with van der Waals surface area (Å²) in [5.74, 6) is -0.330. The van der Waals surface area contributed by atoms with E-state index in [9.17, 15) is 4.39 Å². The molecule has 0 aliphatic carbocycles. The molecule has 6 heteroatoms. The van der Waals surface area contributed by atoms with Gasteiger partial charge in [0.1, 0.15) is 18.2 Å². The van der Waals surface area contributed by atoms with E-state index in [-0.39, 0.29) is 17.3 Å². The van der Waals surface area contributed by atoms with Gasteiger partial charge in [-0.1, -0.05) is 0 Å². The monoisotopic (exact) mass is 217 g/mol. The zero-order chi connectivity index (χ0) is 11.7. The molecule has 0 radical (unpaired) electrons. The van der Waals surface area contributed by atoms with E-state index in [2.05, 4.69) is 10.1 Å². The number of hydrogen-bond donors (Lipinski definition) is 1. The summed E-state index contributed by atoms with van der Waals surface area (Å²) >= 11 is 0. The van der Waals surface area contributed by atoms with Crippen molar-refractivity contribution in [1.82, 2.24) is 14.8 Å². The van der Waals surface area contributed by atoms with Gasteiger partial charge in [-0.05, 0) is 24.6 Å². The maximum absolute atomic E-state index is 13.2. The van der Waals surface area contributed by atoms with Crippen LogP contribution in [0.1, 0.15) is 11.4 Å². The molecule has 0 atom stereocenters. The van der Waals surface area contributed by atoms with Crippen LogP contribution in [0.3, 0.4) is 0 Å². The molecule has 1 heterocycles. The Labute approximate surface area is 90.9 Å². The van der Waals surface area contributed by atoms with E-state index >= 15 is 0 Å². The lowest BCUT2D eigenvalue weighted by atomic mass is 10.2. The smallest absolute Gasteiger partial charge is 0.252 e. The van der Waals surface area contributed by atoms with E-state index in [1.54, 1.807) is 19.1 Å². The molecule has 16 heavy (non-hydrogen) atoms. The predicted octanol–water partition coefficient (Wildman–Crippen LogP) is 1.17. The van der Waals surface area contributed by atoms with Gasteiger partial charge >= 0.3 is 0 Å². The number of nitrogen functional groups attached to an aromatic ring is 1. The standard InChI is InChI=1S/C10H8FN5/c1-6-2-9(8(13)3-7(6)11)16-5-14-10(4-12)15-16/h2-3,5H,13H2,1H3. The topological polar surface area (TPSA) is 80.5 Å². The van der Waals surface area contributed by atoms with E-state index < -0.39 is 0 Å². The molecule has 0 unspecified atom stereocenters. The maximum Gasteiger partial charge on any atom is 0.252 e. The second-order valence-electron chi connectivity index (χ2n) is 3.28. The molecule has 2 aromatic rings. The van der Waals surface area contributed by atoms with Gasteiger partial charge in [-0.2, -0.15) is 5.26 Å². The maximum atomic E-state index is 13.2. The molecule has 2 N–H and O–H groups in total. The SMILES string of the molecule is Cc1cc(-n2cnc(C#N)n2)c(N)cc1F. The fourth-order valence-electron chi connectivity index (χ4n) is 1.31. The average Bonchev–Trinajstić information content (AvgIpc) is 2.71. The van der Waals surface area contributed by atoms with Gasteiger partial charge in [0, 0.05) is 0 Å². The Balaban J connectivity index is 2.56. The minimum Gasteiger partial charge on any atom is -0.397 e. The lowest BCUT2D eigenvalue weighted by Crippen LogP contribution is -2.02. The van der Waals surface area contributed by atoms with Gasteiger partial charge in [-0.3, -0.25) is 0 Å². The highest BCUT2D eigenvalue weighted by atomic mass is 19.1. The van der Waals surface area contributed by atoms with Crippen molar-refractivity contribution < 1.29 is 4.39 Å². The third-order valence-electron chi connectivity index (χ3n) is 2.15. The predicted molar refractivity (Wildman–Crippen MR) is 55.2 cm³/mol. The Morgan fingerprint density at radius 2 is 2.25 bits per heavy atom. The van der Waals surface area contributed by atoms with E-state index in [0.717, 1.165) is 0 Å². The zero-order valence-corrected chi connectivity index (χ0v) is 8.48. The summed E-state index contributed by atoms with van der Waals surface area (Å²) in [6, 6.07) is 4.58. The summed E-state index contributed by atoms with van der Waals surface area (Å²) in [5.41, 5.74) is 6.87. The number of anilines is 1. The molecule has 1 aromatic carbocycles. The van der Waals surface area contributed by atoms with Crippen LogP contribution in [0, 0.1) is 24.1 Å². The quantitative estimate of drug-likeness (QED) is 0.727. The van der Waals surface area contributed by atoms with E-state index in [1.165, 1.54) is 17.1 Å². The average molecular weight is 217 g/mol. The van der Waals surface area contributed by atoms with Crippen LogP contribution in [0.4, 0.5) is 10.1 Å². The van der Waals surface area contributed by atoms with Gasteiger partial charge in [0.2, 0.25) is 0 Å². The van der Waals surface area contributed by atoms with Crippen molar-refractivity contribution in [3.63, 3.8) is 0 Å². The number of benzene rings is 1. The fraction of sp³-hybridized carbons (Fsp3) is 0.100. The second-order valence-corrected chi connectivity index (χ2v) is 3.28. The highest BCUT2D eigenvalue weighted by molar-refractivity contribution is 5.58. The molecule has 0 fully saturated rings. The molecule has 0 aliphatic rings. The van der Waals surface area contributed by atoms with Crippen LogP contribution >= 0.6 is 0 Å². The number of nitrogens with zero attached hydrogens (tertiary/aromatic N) is 4. The molecule has 2 rings (SSSR count). The van der Waals surface area contributed by atoms with Gasteiger partial charge in [0.15, 0.2) is 0 Å². The molecule has 0 amide bonds. The molecule has 80 valence electrons. The largest absolute Gasteiger partial charge is 0.397 e. The minimum atomic E-state index is -0.373. The Hall–Kier alpha value is -2.42. The van der Waals surface area contributed by atoms with Crippen molar-refractivity contribution in [1.29, 1.82) is 5.26 Å². The molecule has 5 nitrogen and oxygen atoms in total. The molecule has 1 aromatic heterocycles. The van der Waals surface area contributed by atoms with Crippen LogP contribution < -0.4 is 5.73 Å². The first-order valence-corrected chi connectivity index (χ1v) is 4.49. The van der Waals surface area contributed by atoms with Crippen molar-refractivity contribution >= 4 is 5.69 Å². The molecular weight excluding hydrogens is 209 g/mol. The second kappa shape index (κ2) is 3.62. The van der Waals surface area contributed by atoms with Crippen LogP contribution in [0.2, 0.25) is 0 Å². The molecule has 0 bridgehead atoms. The van der Waals surface area contributed by atoms with Crippen LogP contribution in [-0.2, 0) is 0 Å². The molecule has 0 saturated carbocycles. The number of hydrogen-bond acceptors (Lipinski definition) is 4. The van der Waals surface area contributed by atoms with Crippen molar-refractivity contribution in [3.05, 3.63) is 35.7 Å². The highest BCUT2D eigenvalue weighted by Crippen LogP contribution is 2.20. The van der Waals surface area contributed by atoms with E-state index in [0.29, 0.717) is 11.3 Å². The first-order valence-electron chi connectivity index (χ1n) is 4.49. The van der Waals surface area contributed by atoms with Crippen molar-refractivity contribution in [2.24, 2.45) is 0 Å². The van der Waals surface area contributed by atoms with Crippen molar-refractivity contribution in [3.8, 4) is 11.8 Å². The van der Waals surface area contributed by atoms with Crippen molar-refractivity contribution in [2.45, 2.75) is 6.92 Å². The minimum absolute atomic E-state index is 0.0429. The Morgan fingerprint density at radius 3 is 2.88 bits per heavy atom. The number of aryl methyl sites for hydroxylation is 1. The third-order valence-corrected chi connectivity index (χ3v) is 2.15. The Kier molecular flexibility index (Phi) is 2.29. The normalized spacial score (nSPS) is 10.1. The van der Waals surface area contributed by atoms with Crippen LogP contribution in [-0.4, -0.2) is 14.8 Å². The number of rotatable bonds is 1. The van der Waals surface area contributed by atoms with Gasteiger partial charge in [0.25, 0.3) is 5.82 Å².